The molecule has 2 heterocycles. The van der Waals surface area contributed by atoms with E-state index in [1.165, 1.54) is 36.5 Å². The lowest BCUT2D eigenvalue weighted by molar-refractivity contribution is -0.128. The minimum atomic E-state index is -4.07. The third-order valence-electron chi connectivity index (χ3n) is 7.99. The number of hydrogen-bond donors (Lipinski definition) is 1. The van der Waals surface area contributed by atoms with Gasteiger partial charge < -0.3 is 5.32 Å². The van der Waals surface area contributed by atoms with Crippen molar-refractivity contribution in [2.24, 2.45) is 0 Å². The maximum atomic E-state index is 14.7. The Morgan fingerprint density at radius 2 is 1.82 bits per heavy atom. The number of sulfonamides is 1. The van der Waals surface area contributed by atoms with Gasteiger partial charge in [-0.1, -0.05) is 30.3 Å². The van der Waals surface area contributed by atoms with Gasteiger partial charge in [0.25, 0.3) is 5.91 Å². The molecule has 0 radical (unpaired) electrons. The van der Waals surface area contributed by atoms with Crippen molar-refractivity contribution in [1.82, 2.24) is 10.3 Å². The van der Waals surface area contributed by atoms with Crippen LogP contribution in [-0.2, 0) is 19.6 Å². The van der Waals surface area contributed by atoms with Crippen molar-refractivity contribution in [2.45, 2.75) is 63.1 Å². The number of nitrogens with zero attached hydrogens (tertiary/aromatic N) is 4. The fraction of sp³-hybridized carbons (Fsp3) is 0.355. The highest BCUT2D eigenvalue weighted by Gasteiger charge is 2.47. The fourth-order valence-corrected chi connectivity index (χ4v) is 7.44. The average Bonchev–Trinajstić information content (AvgIpc) is 3.31. The molecule has 44 heavy (non-hydrogen) atoms. The average molecular weight is 626 g/mol. The first-order valence-corrected chi connectivity index (χ1v) is 15.7. The standard InChI is InChI=1S/C31H30F3N5O4S/c1-20-5-2-3-8-25(20)28(29(40)37-23-9-13-31(33,34)14-10-23)38(24-7-4-6-22(32)18-24)30(41)26-12-16-44(42,43)39(26)27-17-21(19-35)11-15-36-27/h2-8,11,15,17-18,23,26,28H,9-10,12-14,16H2,1H3,(H,37,40)/t26-,28?/m0/s1. The molecule has 9 nitrogen and oxygen atoms in total. The van der Waals surface area contributed by atoms with E-state index in [1.54, 1.807) is 31.2 Å². The van der Waals surface area contributed by atoms with Gasteiger partial charge in [-0.2, -0.15) is 5.26 Å². The predicted octanol–water partition coefficient (Wildman–Crippen LogP) is 4.78. The van der Waals surface area contributed by atoms with Crippen LogP contribution in [-0.4, -0.2) is 49.0 Å². The Morgan fingerprint density at radius 1 is 1.09 bits per heavy atom. The van der Waals surface area contributed by atoms with Gasteiger partial charge in [-0.05, 0) is 67.6 Å². The van der Waals surface area contributed by atoms with Crippen LogP contribution in [0.2, 0.25) is 0 Å². The van der Waals surface area contributed by atoms with Crippen LogP contribution < -0.4 is 14.5 Å². The molecule has 1 saturated heterocycles. The number of carbonyl (C=O) groups excluding carboxylic acids is 2. The molecule has 1 unspecified atom stereocenters. The molecule has 1 saturated carbocycles. The van der Waals surface area contributed by atoms with Crippen LogP contribution in [0.15, 0.2) is 66.9 Å². The van der Waals surface area contributed by atoms with Crippen molar-refractivity contribution >= 4 is 33.3 Å². The van der Waals surface area contributed by atoms with Gasteiger partial charge >= 0.3 is 0 Å². The molecule has 1 aliphatic carbocycles. The minimum Gasteiger partial charge on any atom is -0.351 e. The van der Waals surface area contributed by atoms with Crippen LogP contribution in [0.25, 0.3) is 0 Å². The van der Waals surface area contributed by atoms with Crippen molar-refractivity contribution in [3.05, 3.63) is 89.4 Å². The molecule has 3 aromatic rings. The van der Waals surface area contributed by atoms with E-state index in [1.807, 2.05) is 6.07 Å². The van der Waals surface area contributed by atoms with E-state index >= 15 is 0 Å². The zero-order chi connectivity index (χ0) is 31.6. The van der Waals surface area contributed by atoms with Crippen LogP contribution in [0, 0.1) is 24.1 Å². The second-order valence-electron chi connectivity index (χ2n) is 11.0. The van der Waals surface area contributed by atoms with Gasteiger partial charge in [0.15, 0.2) is 0 Å². The number of amides is 2. The van der Waals surface area contributed by atoms with Gasteiger partial charge in [-0.3, -0.25) is 14.5 Å². The fourth-order valence-electron chi connectivity index (χ4n) is 5.75. The number of nitriles is 1. The van der Waals surface area contributed by atoms with Gasteiger partial charge in [0.05, 0.1) is 17.4 Å². The summed E-state index contributed by atoms with van der Waals surface area (Å²) in [5.74, 6) is -5.56. The normalized spacial score (nSPS) is 20.0. The number of hydrogen-bond acceptors (Lipinski definition) is 6. The topological polar surface area (TPSA) is 123 Å². The molecule has 2 aliphatic rings. The minimum absolute atomic E-state index is 0.00318. The molecule has 0 spiro atoms. The summed E-state index contributed by atoms with van der Waals surface area (Å²) in [6.45, 7) is 1.73. The molecular weight excluding hydrogens is 595 g/mol. The molecule has 1 aromatic heterocycles. The summed E-state index contributed by atoms with van der Waals surface area (Å²) in [6, 6.07) is 13.0. The maximum absolute atomic E-state index is 14.7. The van der Waals surface area contributed by atoms with Crippen LogP contribution >= 0.6 is 0 Å². The number of pyridine rings is 1. The van der Waals surface area contributed by atoms with Crippen molar-refractivity contribution in [2.75, 3.05) is 15.0 Å². The Balaban J connectivity index is 1.62. The number of halogens is 3. The van der Waals surface area contributed by atoms with Gasteiger partial charge in [-0.15, -0.1) is 0 Å². The number of benzene rings is 2. The number of rotatable bonds is 7. The van der Waals surface area contributed by atoms with Crippen LogP contribution in [0.5, 0.6) is 0 Å². The summed E-state index contributed by atoms with van der Waals surface area (Å²) in [5, 5.41) is 12.2. The number of anilines is 2. The summed E-state index contributed by atoms with van der Waals surface area (Å²) >= 11 is 0. The first-order chi connectivity index (χ1) is 20.9. The zero-order valence-electron chi connectivity index (χ0n) is 23.8. The molecule has 0 bridgehead atoms. The zero-order valence-corrected chi connectivity index (χ0v) is 24.6. The lowest BCUT2D eigenvalue weighted by atomic mass is 9.91. The number of aromatic nitrogens is 1. The van der Waals surface area contributed by atoms with E-state index in [0.717, 1.165) is 15.3 Å². The van der Waals surface area contributed by atoms with Crippen LogP contribution in [0.1, 0.15) is 54.8 Å². The maximum Gasteiger partial charge on any atom is 0.252 e. The summed E-state index contributed by atoms with van der Waals surface area (Å²) in [7, 11) is -4.07. The second kappa shape index (κ2) is 12.3. The van der Waals surface area contributed by atoms with E-state index in [2.05, 4.69) is 10.3 Å². The Morgan fingerprint density at radius 3 is 2.50 bits per heavy atom. The first kappa shape index (κ1) is 31.0. The molecule has 1 aliphatic heterocycles. The quantitative estimate of drug-likeness (QED) is 0.403. The Hall–Kier alpha value is -4.44. The Bertz CT molecular complexity index is 1720. The molecule has 1 N–H and O–H groups in total. The second-order valence-corrected chi connectivity index (χ2v) is 13.0. The Kier molecular flexibility index (Phi) is 8.65. The largest absolute Gasteiger partial charge is 0.351 e. The summed E-state index contributed by atoms with van der Waals surface area (Å²) < 4.78 is 69.8. The SMILES string of the molecule is Cc1ccccc1C(C(=O)NC1CCC(F)(F)CC1)N(C(=O)[C@@H]1CCS(=O)(=O)N1c1cc(C#N)ccn1)c1cccc(F)c1. The summed E-state index contributed by atoms with van der Waals surface area (Å²) in [5.41, 5.74) is 1.13. The molecule has 2 atom stereocenters. The number of nitrogens with one attached hydrogen (secondary N) is 1. The van der Waals surface area contributed by atoms with E-state index in [-0.39, 0.29) is 36.3 Å². The lowest BCUT2D eigenvalue weighted by Crippen LogP contribution is -2.53. The monoisotopic (exact) mass is 625 g/mol. The molecule has 2 aromatic carbocycles. The van der Waals surface area contributed by atoms with E-state index in [9.17, 15) is 36.4 Å². The van der Waals surface area contributed by atoms with Crippen molar-refractivity contribution < 1.29 is 31.2 Å². The number of aryl methyl sites for hydroxylation is 1. The number of carbonyl (C=O) groups is 2. The predicted molar refractivity (Wildman–Crippen MR) is 157 cm³/mol. The molecule has 2 fully saturated rings. The van der Waals surface area contributed by atoms with E-state index < -0.39 is 70.3 Å². The molecule has 2 amide bonds. The van der Waals surface area contributed by atoms with E-state index in [4.69, 9.17) is 0 Å². The van der Waals surface area contributed by atoms with Crippen molar-refractivity contribution in [3.8, 4) is 6.07 Å². The number of alkyl halides is 2. The lowest BCUT2D eigenvalue weighted by Gasteiger charge is -2.37. The van der Waals surface area contributed by atoms with Crippen molar-refractivity contribution in [1.29, 1.82) is 5.26 Å². The van der Waals surface area contributed by atoms with E-state index in [0.29, 0.717) is 11.1 Å². The molecule has 230 valence electrons. The highest BCUT2D eigenvalue weighted by Crippen LogP contribution is 2.37. The highest BCUT2D eigenvalue weighted by atomic mass is 32.2. The van der Waals surface area contributed by atoms with Crippen LogP contribution in [0.3, 0.4) is 0 Å². The van der Waals surface area contributed by atoms with Crippen molar-refractivity contribution in [3.63, 3.8) is 0 Å². The van der Waals surface area contributed by atoms with Crippen LogP contribution in [0.4, 0.5) is 24.7 Å². The first-order valence-electron chi connectivity index (χ1n) is 14.1. The summed E-state index contributed by atoms with van der Waals surface area (Å²) in [6.07, 6.45) is 0.355. The van der Waals surface area contributed by atoms with Gasteiger partial charge in [-0.25, -0.2) is 30.9 Å². The molecule has 5 rings (SSSR count). The molecule has 13 heteroatoms. The third-order valence-corrected chi connectivity index (χ3v) is 9.79. The highest BCUT2D eigenvalue weighted by molar-refractivity contribution is 7.93. The smallest absolute Gasteiger partial charge is 0.252 e. The van der Waals surface area contributed by atoms with Gasteiger partial charge in [0, 0.05) is 30.8 Å². The summed E-state index contributed by atoms with van der Waals surface area (Å²) in [4.78, 5) is 33.9. The third kappa shape index (κ3) is 6.40. The van der Waals surface area contributed by atoms with Gasteiger partial charge in [0.1, 0.15) is 23.7 Å². The van der Waals surface area contributed by atoms with Gasteiger partial charge in [0.2, 0.25) is 21.9 Å². The Labute approximate surface area is 253 Å². The molecular formula is C31H30F3N5O4S.